The number of aryl methyl sites for hydroxylation is 1. The Balaban J connectivity index is 1.96. The van der Waals surface area contributed by atoms with Crippen LogP contribution < -0.4 is 5.32 Å². The molecule has 0 aliphatic heterocycles. The largest absolute Gasteiger partial charge is 0.416 e. The summed E-state index contributed by atoms with van der Waals surface area (Å²) in [6.45, 7) is -0.302. The summed E-state index contributed by atoms with van der Waals surface area (Å²) >= 11 is 3.37. The lowest BCUT2D eigenvalue weighted by molar-refractivity contribution is -0.138. The van der Waals surface area contributed by atoms with Crippen LogP contribution >= 0.6 is 15.9 Å². The van der Waals surface area contributed by atoms with Crippen LogP contribution in [0.3, 0.4) is 0 Å². The fourth-order valence-corrected chi connectivity index (χ4v) is 2.68. The minimum atomic E-state index is -4.67. The second-order valence-electron chi connectivity index (χ2n) is 5.17. The summed E-state index contributed by atoms with van der Waals surface area (Å²) in [5, 5.41) is 2.44. The van der Waals surface area contributed by atoms with Crippen LogP contribution in [0.1, 0.15) is 23.1 Å². The van der Waals surface area contributed by atoms with Gasteiger partial charge in [-0.15, -0.1) is 0 Å². The van der Waals surface area contributed by atoms with E-state index in [1.54, 1.807) is 0 Å². The normalized spacial score (nSPS) is 11.4. The molecule has 2 nitrogen and oxygen atoms in total. The van der Waals surface area contributed by atoms with Gasteiger partial charge in [-0.3, -0.25) is 4.79 Å². The molecule has 0 aromatic heterocycles. The first-order valence-electron chi connectivity index (χ1n) is 7.13. The fraction of sp³-hybridized carbons (Fsp3) is 0.235. The Kier molecular flexibility index (Phi) is 5.99. The summed E-state index contributed by atoms with van der Waals surface area (Å²) in [5.74, 6) is -1.34. The van der Waals surface area contributed by atoms with E-state index in [-0.39, 0.29) is 24.4 Å². The minimum absolute atomic E-state index is 0.144. The van der Waals surface area contributed by atoms with Gasteiger partial charge in [0.2, 0.25) is 5.91 Å². The van der Waals surface area contributed by atoms with Crippen molar-refractivity contribution in [2.24, 2.45) is 0 Å². The molecule has 7 heteroatoms. The molecular weight excluding hydrogens is 390 g/mol. The molecule has 0 heterocycles. The Labute approximate surface area is 145 Å². The Morgan fingerprint density at radius 1 is 1.08 bits per heavy atom. The van der Waals surface area contributed by atoms with Crippen molar-refractivity contribution in [3.05, 3.63) is 69.4 Å². The van der Waals surface area contributed by atoms with E-state index in [2.05, 4.69) is 21.2 Å². The van der Waals surface area contributed by atoms with E-state index < -0.39 is 17.6 Å². The number of benzene rings is 2. The fourth-order valence-electron chi connectivity index (χ4n) is 2.20. The number of hydrogen-bond donors (Lipinski definition) is 1. The highest BCUT2D eigenvalue weighted by atomic mass is 79.9. The van der Waals surface area contributed by atoms with Crippen molar-refractivity contribution in [3.63, 3.8) is 0 Å². The van der Waals surface area contributed by atoms with Gasteiger partial charge in [0, 0.05) is 17.4 Å². The van der Waals surface area contributed by atoms with Crippen molar-refractivity contribution in [2.45, 2.75) is 25.6 Å². The van der Waals surface area contributed by atoms with Crippen LogP contribution in [0.2, 0.25) is 0 Å². The topological polar surface area (TPSA) is 29.1 Å². The van der Waals surface area contributed by atoms with Crippen molar-refractivity contribution in [1.29, 1.82) is 0 Å². The van der Waals surface area contributed by atoms with Gasteiger partial charge in [-0.2, -0.15) is 13.2 Å². The van der Waals surface area contributed by atoms with Gasteiger partial charge in [-0.1, -0.05) is 40.2 Å². The van der Waals surface area contributed by atoms with Crippen LogP contribution in [0.25, 0.3) is 0 Å². The van der Waals surface area contributed by atoms with E-state index in [9.17, 15) is 22.4 Å². The van der Waals surface area contributed by atoms with Crippen LogP contribution in [0.4, 0.5) is 17.6 Å². The summed E-state index contributed by atoms with van der Waals surface area (Å²) in [4.78, 5) is 11.8. The third-order valence-corrected chi connectivity index (χ3v) is 4.21. The van der Waals surface area contributed by atoms with E-state index in [1.165, 1.54) is 0 Å². The molecule has 0 atom stereocenters. The van der Waals surface area contributed by atoms with Gasteiger partial charge >= 0.3 is 6.18 Å². The predicted molar refractivity (Wildman–Crippen MR) is 85.7 cm³/mol. The first-order valence-corrected chi connectivity index (χ1v) is 7.92. The van der Waals surface area contributed by atoms with Gasteiger partial charge in [0.05, 0.1) is 5.56 Å². The van der Waals surface area contributed by atoms with Crippen LogP contribution in [-0.4, -0.2) is 5.91 Å². The number of nitrogens with one attached hydrogen (secondary N) is 1. The van der Waals surface area contributed by atoms with Crippen molar-refractivity contribution in [1.82, 2.24) is 5.32 Å². The molecule has 0 spiro atoms. The van der Waals surface area contributed by atoms with Crippen LogP contribution in [0, 0.1) is 5.82 Å². The number of rotatable bonds is 5. The maximum absolute atomic E-state index is 13.0. The number of alkyl halides is 3. The molecule has 2 aromatic carbocycles. The summed E-state index contributed by atoms with van der Waals surface area (Å²) < 4.78 is 52.5. The standard InChI is InChI=1S/C17H14BrF4NO/c18-15-4-2-1-3-11(15)6-8-16(24)23-10-12-5-7-13(19)9-14(12)17(20,21)22/h1-5,7,9H,6,8,10H2,(H,23,24). The highest BCUT2D eigenvalue weighted by Gasteiger charge is 2.33. The molecule has 2 aromatic rings. The second-order valence-corrected chi connectivity index (χ2v) is 6.02. The van der Waals surface area contributed by atoms with E-state index in [4.69, 9.17) is 0 Å². The van der Waals surface area contributed by atoms with Crippen LogP contribution in [0.5, 0.6) is 0 Å². The van der Waals surface area contributed by atoms with Crippen molar-refractivity contribution >= 4 is 21.8 Å². The third-order valence-electron chi connectivity index (χ3n) is 3.43. The SMILES string of the molecule is O=C(CCc1ccccc1Br)NCc1ccc(F)cc1C(F)(F)F. The number of hydrogen-bond acceptors (Lipinski definition) is 1. The molecule has 24 heavy (non-hydrogen) atoms. The molecule has 0 aliphatic rings. The molecule has 1 amide bonds. The van der Waals surface area contributed by atoms with Gasteiger partial charge in [-0.05, 0) is 35.7 Å². The molecule has 128 valence electrons. The molecule has 0 saturated carbocycles. The van der Waals surface area contributed by atoms with Gasteiger partial charge in [0.15, 0.2) is 0 Å². The molecular formula is C17H14BrF4NO. The van der Waals surface area contributed by atoms with Crippen molar-refractivity contribution in [2.75, 3.05) is 0 Å². The second kappa shape index (κ2) is 7.79. The van der Waals surface area contributed by atoms with E-state index >= 15 is 0 Å². The summed E-state index contributed by atoms with van der Waals surface area (Å²) in [5.41, 5.74) is -0.308. The maximum Gasteiger partial charge on any atom is 0.416 e. The van der Waals surface area contributed by atoms with E-state index in [0.29, 0.717) is 12.5 Å². The van der Waals surface area contributed by atoms with Gasteiger partial charge in [0.25, 0.3) is 0 Å². The van der Waals surface area contributed by atoms with Gasteiger partial charge in [-0.25, -0.2) is 4.39 Å². The monoisotopic (exact) mass is 403 g/mol. The maximum atomic E-state index is 13.0. The lowest BCUT2D eigenvalue weighted by atomic mass is 10.1. The molecule has 0 fully saturated rings. The molecule has 2 rings (SSSR count). The number of carbonyl (C=O) groups is 1. The van der Waals surface area contributed by atoms with Gasteiger partial charge < -0.3 is 5.32 Å². The zero-order chi connectivity index (χ0) is 17.7. The zero-order valence-electron chi connectivity index (χ0n) is 12.5. The molecule has 0 radical (unpaired) electrons. The highest BCUT2D eigenvalue weighted by molar-refractivity contribution is 9.10. The molecule has 1 N–H and O–H groups in total. The predicted octanol–water partition coefficient (Wildman–Crippen LogP) is 4.86. The van der Waals surface area contributed by atoms with Crippen molar-refractivity contribution < 1.29 is 22.4 Å². The van der Waals surface area contributed by atoms with Crippen LogP contribution in [-0.2, 0) is 23.9 Å². The van der Waals surface area contributed by atoms with E-state index in [1.807, 2.05) is 24.3 Å². The number of carbonyl (C=O) groups excluding carboxylic acids is 1. The summed E-state index contributed by atoms with van der Waals surface area (Å²) in [6.07, 6.45) is -4.06. The Morgan fingerprint density at radius 2 is 1.79 bits per heavy atom. The third kappa shape index (κ3) is 5.06. The summed E-state index contributed by atoms with van der Waals surface area (Å²) in [7, 11) is 0. The number of amides is 1. The lowest BCUT2D eigenvalue weighted by Crippen LogP contribution is -2.24. The molecule has 0 saturated heterocycles. The number of halogens is 5. The quantitative estimate of drug-likeness (QED) is 0.709. The van der Waals surface area contributed by atoms with Crippen LogP contribution in [0.15, 0.2) is 46.9 Å². The zero-order valence-corrected chi connectivity index (χ0v) is 14.0. The first-order chi connectivity index (χ1) is 11.3. The molecule has 0 aliphatic carbocycles. The average molecular weight is 404 g/mol. The summed E-state index contributed by atoms with van der Waals surface area (Å²) in [6, 6.07) is 9.81. The van der Waals surface area contributed by atoms with E-state index in [0.717, 1.165) is 22.2 Å². The Morgan fingerprint density at radius 3 is 2.46 bits per heavy atom. The Bertz CT molecular complexity index is 731. The molecule has 0 unspecified atom stereocenters. The Hall–Kier alpha value is -1.89. The van der Waals surface area contributed by atoms with Crippen molar-refractivity contribution in [3.8, 4) is 0 Å². The lowest BCUT2D eigenvalue weighted by Gasteiger charge is -2.13. The first kappa shape index (κ1) is 18.4. The smallest absolute Gasteiger partial charge is 0.352 e. The minimum Gasteiger partial charge on any atom is -0.352 e. The average Bonchev–Trinajstić information content (AvgIpc) is 2.52. The molecule has 0 bridgehead atoms. The van der Waals surface area contributed by atoms with Gasteiger partial charge in [0.1, 0.15) is 5.82 Å². The highest BCUT2D eigenvalue weighted by Crippen LogP contribution is 2.32.